The number of nitrogen functional groups attached to an aromatic ring is 1. The van der Waals surface area contributed by atoms with Crippen molar-refractivity contribution in [1.29, 1.82) is 0 Å². The zero-order chi connectivity index (χ0) is 12.7. The van der Waals surface area contributed by atoms with Crippen LogP contribution in [0.3, 0.4) is 0 Å². The van der Waals surface area contributed by atoms with Gasteiger partial charge in [-0.05, 0) is 18.2 Å². The van der Waals surface area contributed by atoms with E-state index in [9.17, 15) is 4.79 Å². The maximum atomic E-state index is 12.3. The summed E-state index contributed by atoms with van der Waals surface area (Å²) < 4.78 is 7.24. The molecule has 0 aliphatic rings. The number of benzene rings is 1. The Morgan fingerprint density at radius 3 is 2.72 bits per heavy atom. The Bertz CT molecular complexity index is 704. The van der Waals surface area contributed by atoms with Crippen LogP contribution in [0.4, 0.5) is 5.69 Å². The molecule has 3 rings (SSSR count). The monoisotopic (exact) mass is 240 g/mol. The number of nitrogens with zero attached hydrogens (tertiary/aromatic N) is 1. The number of carbonyl (C=O) groups excluding carboxylic acids is 1. The van der Waals surface area contributed by atoms with Gasteiger partial charge >= 0.3 is 0 Å². The second-order valence-electron chi connectivity index (χ2n) is 4.25. The van der Waals surface area contributed by atoms with E-state index in [1.807, 2.05) is 24.3 Å². The van der Waals surface area contributed by atoms with Gasteiger partial charge in [0.25, 0.3) is 0 Å². The molecule has 0 aliphatic heterocycles. The lowest BCUT2D eigenvalue weighted by Crippen LogP contribution is -2.05. The molecular formula is C14H12N2O2. The molecule has 2 heterocycles. The van der Waals surface area contributed by atoms with E-state index in [2.05, 4.69) is 0 Å². The van der Waals surface area contributed by atoms with Crippen LogP contribution in [0.15, 0.2) is 47.0 Å². The summed E-state index contributed by atoms with van der Waals surface area (Å²) in [5.74, 6) is 0.169. The van der Waals surface area contributed by atoms with E-state index in [-0.39, 0.29) is 5.78 Å². The molecule has 0 radical (unpaired) electrons. The van der Waals surface area contributed by atoms with Crippen LogP contribution in [0.2, 0.25) is 0 Å². The topological polar surface area (TPSA) is 61.2 Å². The molecule has 3 aromatic rings. The Morgan fingerprint density at radius 2 is 2.06 bits per heavy atom. The number of anilines is 1. The average Bonchev–Trinajstić information content (AvgIpc) is 2.91. The van der Waals surface area contributed by atoms with E-state index in [1.165, 1.54) is 0 Å². The maximum Gasteiger partial charge on any atom is 0.244 e. The standard InChI is InChI=1S/C14H12N2O2/c1-16-8-10(15)7-11(16)14(17)13-6-9-4-2-3-5-12(9)18-13/h2-8H,15H2,1H3. The Kier molecular flexibility index (Phi) is 2.23. The van der Waals surface area contributed by atoms with Gasteiger partial charge in [-0.2, -0.15) is 0 Å². The van der Waals surface area contributed by atoms with Crippen LogP contribution in [0, 0.1) is 0 Å². The summed E-state index contributed by atoms with van der Waals surface area (Å²) in [5, 5.41) is 0.919. The molecule has 4 heteroatoms. The molecule has 4 nitrogen and oxygen atoms in total. The number of aromatic nitrogens is 1. The SMILES string of the molecule is Cn1cc(N)cc1C(=O)c1cc2ccccc2o1. The highest BCUT2D eigenvalue weighted by Crippen LogP contribution is 2.22. The van der Waals surface area contributed by atoms with Crippen LogP contribution < -0.4 is 5.73 Å². The van der Waals surface area contributed by atoms with E-state index in [0.29, 0.717) is 22.7 Å². The van der Waals surface area contributed by atoms with Crippen LogP contribution in [0.25, 0.3) is 11.0 Å². The number of fused-ring (bicyclic) bond motifs is 1. The van der Waals surface area contributed by atoms with E-state index < -0.39 is 0 Å². The van der Waals surface area contributed by atoms with Crippen molar-refractivity contribution in [3.8, 4) is 0 Å². The van der Waals surface area contributed by atoms with Crippen molar-refractivity contribution in [2.75, 3.05) is 5.73 Å². The summed E-state index contributed by atoms with van der Waals surface area (Å²) >= 11 is 0. The Balaban J connectivity index is 2.09. The summed E-state index contributed by atoms with van der Waals surface area (Å²) in [6.45, 7) is 0. The summed E-state index contributed by atoms with van der Waals surface area (Å²) in [6.07, 6.45) is 1.70. The number of hydrogen-bond acceptors (Lipinski definition) is 3. The first-order chi connectivity index (χ1) is 8.65. The highest BCUT2D eigenvalue weighted by atomic mass is 16.3. The minimum absolute atomic E-state index is 0.162. The van der Waals surface area contributed by atoms with E-state index in [0.717, 1.165) is 5.39 Å². The first-order valence-corrected chi connectivity index (χ1v) is 5.60. The largest absolute Gasteiger partial charge is 0.453 e. The number of carbonyl (C=O) groups is 1. The van der Waals surface area contributed by atoms with Crippen molar-refractivity contribution in [1.82, 2.24) is 4.57 Å². The quantitative estimate of drug-likeness (QED) is 0.700. The Labute approximate surface area is 104 Å². The predicted molar refractivity (Wildman–Crippen MR) is 69.5 cm³/mol. The fourth-order valence-corrected chi connectivity index (χ4v) is 2.04. The average molecular weight is 240 g/mol. The van der Waals surface area contributed by atoms with Gasteiger partial charge in [-0.25, -0.2) is 0 Å². The number of rotatable bonds is 2. The van der Waals surface area contributed by atoms with Gasteiger partial charge in [-0.15, -0.1) is 0 Å². The predicted octanol–water partition coefficient (Wildman–Crippen LogP) is 2.58. The molecule has 18 heavy (non-hydrogen) atoms. The van der Waals surface area contributed by atoms with Crippen molar-refractivity contribution < 1.29 is 9.21 Å². The molecule has 2 aromatic heterocycles. The second-order valence-corrected chi connectivity index (χ2v) is 4.25. The first-order valence-electron chi connectivity index (χ1n) is 5.60. The van der Waals surface area contributed by atoms with Crippen molar-refractivity contribution in [3.63, 3.8) is 0 Å². The Morgan fingerprint density at radius 1 is 1.28 bits per heavy atom. The lowest BCUT2D eigenvalue weighted by molar-refractivity contribution is 0.100. The third-order valence-corrected chi connectivity index (χ3v) is 2.91. The summed E-state index contributed by atoms with van der Waals surface area (Å²) in [5.41, 5.74) is 7.46. The van der Waals surface area contributed by atoms with Gasteiger partial charge in [0.1, 0.15) is 5.58 Å². The third kappa shape index (κ3) is 1.59. The fourth-order valence-electron chi connectivity index (χ4n) is 2.04. The minimum atomic E-state index is -0.162. The normalized spacial score (nSPS) is 10.9. The third-order valence-electron chi connectivity index (χ3n) is 2.91. The van der Waals surface area contributed by atoms with E-state index in [4.69, 9.17) is 10.2 Å². The summed E-state index contributed by atoms with van der Waals surface area (Å²) in [4.78, 5) is 12.3. The van der Waals surface area contributed by atoms with Gasteiger partial charge in [-0.1, -0.05) is 18.2 Å². The van der Waals surface area contributed by atoms with Crippen LogP contribution in [0.5, 0.6) is 0 Å². The Hall–Kier alpha value is -2.49. The van der Waals surface area contributed by atoms with Crippen LogP contribution in [-0.2, 0) is 7.05 Å². The first kappa shape index (κ1) is 10.7. The van der Waals surface area contributed by atoms with Gasteiger partial charge < -0.3 is 14.7 Å². The molecule has 1 aromatic carbocycles. The number of para-hydroxylation sites is 1. The van der Waals surface area contributed by atoms with Crippen LogP contribution in [0.1, 0.15) is 16.2 Å². The van der Waals surface area contributed by atoms with E-state index >= 15 is 0 Å². The maximum absolute atomic E-state index is 12.3. The number of furan rings is 1. The zero-order valence-electron chi connectivity index (χ0n) is 9.88. The van der Waals surface area contributed by atoms with Crippen molar-refractivity contribution >= 4 is 22.4 Å². The molecular weight excluding hydrogens is 228 g/mol. The van der Waals surface area contributed by atoms with Gasteiger partial charge in [0.2, 0.25) is 5.78 Å². The lowest BCUT2D eigenvalue weighted by Gasteiger charge is -1.98. The molecule has 0 bridgehead atoms. The molecule has 2 N–H and O–H groups in total. The zero-order valence-corrected chi connectivity index (χ0v) is 9.88. The molecule has 0 saturated carbocycles. The van der Waals surface area contributed by atoms with Crippen molar-refractivity contribution in [2.45, 2.75) is 0 Å². The molecule has 0 saturated heterocycles. The number of hydrogen-bond donors (Lipinski definition) is 1. The highest BCUT2D eigenvalue weighted by Gasteiger charge is 2.17. The van der Waals surface area contributed by atoms with E-state index in [1.54, 1.807) is 29.9 Å². The highest BCUT2D eigenvalue weighted by molar-refractivity contribution is 6.08. The smallest absolute Gasteiger partial charge is 0.244 e. The molecule has 0 amide bonds. The molecule has 90 valence electrons. The molecule has 0 unspecified atom stereocenters. The van der Waals surface area contributed by atoms with Crippen LogP contribution in [-0.4, -0.2) is 10.4 Å². The van der Waals surface area contributed by atoms with Crippen LogP contribution >= 0.6 is 0 Å². The van der Waals surface area contributed by atoms with Crippen molar-refractivity contribution in [2.24, 2.45) is 7.05 Å². The van der Waals surface area contributed by atoms with Gasteiger partial charge in [-0.3, -0.25) is 4.79 Å². The number of nitrogens with two attached hydrogens (primary N) is 1. The number of aryl methyl sites for hydroxylation is 1. The summed E-state index contributed by atoms with van der Waals surface area (Å²) in [6, 6.07) is 10.9. The lowest BCUT2D eigenvalue weighted by atomic mass is 10.2. The molecule has 0 spiro atoms. The molecule has 0 aliphatic carbocycles. The summed E-state index contributed by atoms with van der Waals surface area (Å²) in [7, 11) is 1.78. The second kappa shape index (κ2) is 3.77. The molecule has 0 atom stereocenters. The van der Waals surface area contributed by atoms with Gasteiger partial charge in [0, 0.05) is 18.6 Å². The minimum Gasteiger partial charge on any atom is -0.453 e. The number of ketones is 1. The van der Waals surface area contributed by atoms with Crippen molar-refractivity contribution in [3.05, 3.63) is 54.0 Å². The van der Waals surface area contributed by atoms with Gasteiger partial charge in [0.15, 0.2) is 5.76 Å². The fraction of sp³-hybridized carbons (Fsp3) is 0.0714. The molecule has 0 fully saturated rings. The van der Waals surface area contributed by atoms with Gasteiger partial charge in [0.05, 0.1) is 11.4 Å².